The van der Waals surface area contributed by atoms with E-state index in [-0.39, 0.29) is 17.3 Å². The topological polar surface area (TPSA) is 57.5 Å². The molecule has 2 N–H and O–H groups in total. The van der Waals surface area contributed by atoms with E-state index in [9.17, 15) is 15.0 Å². The number of rotatable bonds is 6. The third-order valence-corrected chi connectivity index (χ3v) is 4.06. The molecule has 3 heteroatoms. The van der Waals surface area contributed by atoms with Gasteiger partial charge in [0.15, 0.2) is 5.78 Å². The lowest BCUT2D eigenvalue weighted by atomic mass is 9.95. The van der Waals surface area contributed by atoms with E-state index in [0.29, 0.717) is 12.0 Å². The smallest absolute Gasteiger partial charge is 0.189 e. The van der Waals surface area contributed by atoms with Gasteiger partial charge >= 0.3 is 0 Å². The van der Waals surface area contributed by atoms with Crippen molar-refractivity contribution < 1.29 is 15.0 Å². The van der Waals surface area contributed by atoms with Crippen LogP contribution in [0.15, 0.2) is 54.1 Å². The van der Waals surface area contributed by atoms with Crippen LogP contribution in [0.4, 0.5) is 0 Å². The minimum atomic E-state index is -0.244. The average Bonchev–Trinajstić information content (AvgIpc) is 2.59. The molecule has 0 heterocycles. The predicted octanol–water partition coefficient (Wildman–Crippen LogP) is 5.07. The van der Waals surface area contributed by atoms with Crippen molar-refractivity contribution in [2.45, 2.75) is 33.6 Å². The van der Waals surface area contributed by atoms with Crippen LogP contribution in [0.25, 0.3) is 6.08 Å². The van der Waals surface area contributed by atoms with Gasteiger partial charge in [0.2, 0.25) is 0 Å². The van der Waals surface area contributed by atoms with Gasteiger partial charge in [-0.25, -0.2) is 0 Å². The van der Waals surface area contributed by atoms with Gasteiger partial charge in [-0.15, -0.1) is 0 Å². The van der Waals surface area contributed by atoms with E-state index in [1.807, 2.05) is 26.8 Å². The van der Waals surface area contributed by atoms with Gasteiger partial charge in [0.1, 0.15) is 11.5 Å². The molecule has 0 aromatic heterocycles. The van der Waals surface area contributed by atoms with Gasteiger partial charge in [-0.3, -0.25) is 4.79 Å². The van der Waals surface area contributed by atoms with E-state index in [1.54, 1.807) is 36.4 Å². The van der Waals surface area contributed by atoms with Gasteiger partial charge in [0.25, 0.3) is 0 Å². The van der Waals surface area contributed by atoms with E-state index in [4.69, 9.17) is 0 Å². The first-order valence-electron chi connectivity index (χ1n) is 8.41. The molecule has 0 bridgehead atoms. The van der Waals surface area contributed by atoms with E-state index in [0.717, 1.165) is 23.1 Å². The summed E-state index contributed by atoms with van der Waals surface area (Å²) in [5.41, 5.74) is 4.15. The number of carbonyl (C=O) groups excluding carboxylic acids is 1. The highest BCUT2D eigenvalue weighted by Gasteiger charge is 2.15. The van der Waals surface area contributed by atoms with Crippen molar-refractivity contribution in [1.82, 2.24) is 0 Å². The number of hydrogen-bond acceptors (Lipinski definition) is 3. The largest absolute Gasteiger partial charge is 0.508 e. The lowest BCUT2D eigenvalue weighted by molar-refractivity contribution is 0.104. The number of aryl methyl sites for hydroxylation is 1. The Morgan fingerprint density at radius 2 is 1.72 bits per heavy atom. The van der Waals surface area contributed by atoms with Crippen molar-refractivity contribution >= 4 is 11.9 Å². The summed E-state index contributed by atoms with van der Waals surface area (Å²) < 4.78 is 0. The van der Waals surface area contributed by atoms with Gasteiger partial charge in [-0.05, 0) is 62.1 Å². The zero-order valence-corrected chi connectivity index (χ0v) is 14.9. The van der Waals surface area contributed by atoms with Gasteiger partial charge in [0, 0.05) is 5.56 Å². The van der Waals surface area contributed by atoms with E-state index in [1.165, 1.54) is 11.6 Å². The Kier molecular flexibility index (Phi) is 6.18. The van der Waals surface area contributed by atoms with Gasteiger partial charge in [-0.2, -0.15) is 0 Å². The second-order valence-corrected chi connectivity index (χ2v) is 6.23. The number of aromatic hydroxyl groups is 2. The number of phenols is 2. The van der Waals surface area contributed by atoms with Gasteiger partial charge < -0.3 is 10.2 Å². The van der Waals surface area contributed by atoms with Crippen molar-refractivity contribution in [3.05, 3.63) is 76.4 Å². The third kappa shape index (κ3) is 4.83. The second kappa shape index (κ2) is 8.34. The Morgan fingerprint density at radius 3 is 2.32 bits per heavy atom. The zero-order valence-electron chi connectivity index (χ0n) is 14.9. The number of phenolic OH excluding ortho intramolecular Hbond substituents is 2. The van der Waals surface area contributed by atoms with Crippen LogP contribution < -0.4 is 0 Å². The summed E-state index contributed by atoms with van der Waals surface area (Å²) in [5, 5.41) is 19.9. The third-order valence-electron chi connectivity index (χ3n) is 4.06. The zero-order chi connectivity index (χ0) is 18.4. The molecule has 130 valence electrons. The number of allylic oxidation sites excluding steroid dienone is 3. The fraction of sp³-hybridized carbons (Fsp3) is 0.227. The summed E-state index contributed by atoms with van der Waals surface area (Å²) in [6.07, 6.45) is 6.58. The number of carbonyl (C=O) groups is 1. The minimum Gasteiger partial charge on any atom is -0.508 e. The van der Waals surface area contributed by atoms with E-state index < -0.39 is 0 Å². The van der Waals surface area contributed by atoms with Crippen molar-refractivity contribution in [3.63, 3.8) is 0 Å². The summed E-state index contributed by atoms with van der Waals surface area (Å²) in [4.78, 5) is 12.5. The first-order valence-corrected chi connectivity index (χ1v) is 8.41. The van der Waals surface area contributed by atoms with Crippen LogP contribution in [0.1, 0.15) is 47.8 Å². The lowest BCUT2D eigenvalue weighted by Gasteiger charge is -2.12. The van der Waals surface area contributed by atoms with Crippen molar-refractivity contribution in [2.75, 3.05) is 0 Å². The van der Waals surface area contributed by atoms with Crippen LogP contribution in [0.5, 0.6) is 11.5 Å². The Labute approximate surface area is 149 Å². The molecule has 0 aliphatic rings. The molecular weight excluding hydrogens is 312 g/mol. The molecule has 0 aliphatic heterocycles. The Hall–Kier alpha value is -2.81. The van der Waals surface area contributed by atoms with Crippen LogP contribution >= 0.6 is 0 Å². The standard InChI is InChI=1S/C22H24O3/c1-4-17-9-13-20(22(25)19(17)12-5-15(2)3)21(24)14-8-16-6-10-18(23)11-7-16/h5-11,13-14,23,25H,4,12H2,1-3H3/b14-8+. The van der Waals surface area contributed by atoms with Crippen molar-refractivity contribution in [2.24, 2.45) is 0 Å². The molecule has 0 spiro atoms. The fourth-order valence-electron chi connectivity index (χ4n) is 2.59. The molecule has 0 radical (unpaired) electrons. The fourth-order valence-corrected chi connectivity index (χ4v) is 2.59. The monoisotopic (exact) mass is 336 g/mol. The van der Waals surface area contributed by atoms with Crippen LogP contribution in [0, 0.1) is 0 Å². The van der Waals surface area contributed by atoms with Crippen molar-refractivity contribution in [1.29, 1.82) is 0 Å². The normalized spacial score (nSPS) is 10.8. The molecule has 0 atom stereocenters. The molecule has 2 rings (SSSR count). The first-order chi connectivity index (χ1) is 11.9. The predicted molar refractivity (Wildman–Crippen MR) is 102 cm³/mol. The molecule has 0 amide bonds. The molecule has 0 unspecified atom stereocenters. The molecule has 2 aromatic rings. The van der Waals surface area contributed by atoms with E-state index in [2.05, 4.69) is 6.08 Å². The molecule has 3 nitrogen and oxygen atoms in total. The maximum Gasteiger partial charge on any atom is 0.189 e. The highest BCUT2D eigenvalue weighted by Crippen LogP contribution is 2.28. The van der Waals surface area contributed by atoms with Gasteiger partial charge in [0.05, 0.1) is 5.56 Å². The molecule has 0 aliphatic carbocycles. The van der Waals surface area contributed by atoms with Gasteiger partial charge in [-0.1, -0.05) is 42.8 Å². The Balaban J connectivity index is 2.31. The summed E-state index contributed by atoms with van der Waals surface area (Å²) in [6.45, 7) is 6.06. The lowest BCUT2D eigenvalue weighted by Crippen LogP contribution is -2.01. The molecule has 25 heavy (non-hydrogen) atoms. The number of hydrogen-bond donors (Lipinski definition) is 2. The number of benzene rings is 2. The molecule has 0 fully saturated rings. The Bertz CT molecular complexity index is 808. The van der Waals surface area contributed by atoms with Crippen LogP contribution in [-0.2, 0) is 12.8 Å². The summed E-state index contributed by atoms with van der Waals surface area (Å²) in [6, 6.07) is 10.2. The quantitative estimate of drug-likeness (QED) is 0.440. The van der Waals surface area contributed by atoms with Crippen LogP contribution in [0.2, 0.25) is 0 Å². The molecule has 0 saturated heterocycles. The SMILES string of the molecule is CCc1ccc(C(=O)/C=C/c2ccc(O)cc2)c(O)c1CC=C(C)C. The maximum atomic E-state index is 12.5. The minimum absolute atomic E-state index is 0.0669. The van der Waals surface area contributed by atoms with E-state index >= 15 is 0 Å². The Morgan fingerprint density at radius 1 is 1.04 bits per heavy atom. The van der Waals surface area contributed by atoms with Crippen molar-refractivity contribution in [3.8, 4) is 11.5 Å². The summed E-state index contributed by atoms with van der Waals surface area (Å²) >= 11 is 0. The number of ketones is 1. The highest BCUT2D eigenvalue weighted by molar-refractivity contribution is 6.08. The highest BCUT2D eigenvalue weighted by atomic mass is 16.3. The average molecular weight is 336 g/mol. The maximum absolute atomic E-state index is 12.5. The first kappa shape index (κ1) is 18.5. The molecule has 2 aromatic carbocycles. The summed E-state index contributed by atoms with van der Waals surface area (Å²) in [5.74, 6) is 0.00377. The molecule has 0 saturated carbocycles. The van der Waals surface area contributed by atoms with Crippen LogP contribution in [0.3, 0.4) is 0 Å². The second-order valence-electron chi connectivity index (χ2n) is 6.23. The van der Waals surface area contributed by atoms with Crippen LogP contribution in [-0.4, -0.2) is 16.0 Å². The molecular formula is C22H24O3. The summed E-state index contributed by atoms with van der Waals surface area (Å²) in [7, 11) is 0.